The Morgan fingerprint density at radius 3 is 2.09 bits per heavy atom. The second-order valence-electron chi connectivity index (χ2n) is 5.34. The fraction of sp³-hybridized carbons (Fsp3) is 0.167. The molecule has 0 aliphatic heterocycles. The number of ketones is 1. The zero-order chi connectivity index (χ0) is 17.0. The molecule has 0 saturated heterocycles. The van der Waals surface area contributed by atoms with Gasteiger partial charge in [-0.15, -0.1) is 0 Å². The summed E-state index contributed by atoms with van der Waals surface area (Å²) in [5.41, 5.74) is 4.08. The second kappa shape index (κ2) is 7.15. The van der Waals surface area contributed by atoms with Crippen molar-refractivity contribution >= 4 is 34.7 Å². The minimum atomic E-state index is -0.258. The van der Waals surface area contributed by atoms with E-state index in [0.29, 0.717) is 16.8 Å². The molecule has 4 nitrogen and oxygen atoms in total. The van der Waals surface area contributed by atoms with Crippen molar-refractivity contribution in [2.45, 2.75) is 20.8 Å². The Labute approximate surface area is 140 Å². The van der Waals surface area contributed by atoms with Crippen LogP contribution in [-0.4, -0.2) is 16.8 Å². The Bertz CT molecular complexity index is 767. The quantitative estimate of drug-likeness (QED) is 0.668. The monoisotopic (exact) mass is 326 g/mol. The lowest BCUT2D eigenvalue weighted by molar-refractivity contribution is 0.0976. The van der Waals surface area contributed by atoms with Gasteiger partial charge in [-0.3, -0.25) is 14.9 Å². The molecule has 0 fully saturated rings. The third kappa shape index (κ3) is 4.47. The number of carbonyl (C=O) groups excluding carboxylic acids is 2. The van der Waals surface area contributed by atoms with Crippen molar-refractivity contribution in [1.82, 2.24) is 5.32 Å². The largest absolute Gasteiger partial charge is 0.332 e. The predicted octanol–water partition coefficient (Wildman–Crippen LogP) is 3.63. The summed E-state index contributed by atoms with van der Waals surface area (Å²) in [5, 5.41) is 5.78. The molecule has 2 aromatic carbocycles. The van der Waals surface area contributed by atoms with Gasteiger partial charge in [-0.2, -0.15) is 0 Å². The van der Waals surface area contributed by atoms with E-state index in [1.807, 2.05) is 26.0 Å². The summed E-state index contributed by atoms with van der Waals surface area (Å²) >= 11 is 5.15. The van der Waals surface area contributed by atoms with Crippen LogP contribution in [-0.2, 0) is 0 Å². The average molecular weight is 326 g/mol. The standard InChI is InChI=1S/C18H18N2O2S/c1-11-4-5-15(10-12(11)2)17(22)20-18(23)19-16-8-6-14(7-9-16)13(3)21/h4-10H,1-3H3,(H2,19,20,22,23). The van der Waals surface area contributed by atoms with E-state index < -0.39 is 0 Å². The molecule has 0 aliphatic rings. The molecule has 2 aromatic rings. The highest BCUT2D eigenvalue weighted by Gasteiger charge is 2.09. The third-order valence-electron chi connectivity index (χ3n) is 3.55. The van der Waals surface area contributed by atoms with Gasteiger partial charge in [0.15, 0.2) is 10.9 Å². The molecular weight excluding hydrogens is 308 g/mol. The molecule has 2 rings (SSSR count). The van der Waals surface area contributed by atoms with E-state index in [9.17, 15) is 9.59 Å². The van der Waals surface area contributed by atoms with Gasteiger partial charge in [0.2, 0.25) is 0 Å². The summed E-state index contributed by atoms with van der Waals surface area (Å²) < 4.78 is 0. The summed E-state index contributed by atoms with van der Waals surface area (Å²) in [6, 6.07) is 12.4. The number of hydrogen-bond donors (Lipinski definition) is 2. The Morgan fingerprint density at radius 2 is 1.52 bits per heavy atom. The van der Waals surface area contributed by atoms with E-state index in [-0.39, 0.29) is 16.8 Å². The number of anilines is 1. The van der Waals surface area contributed by atoms with Crippen molar-refractivity contribution in [3.05, 3.63) is 64.7 Å². The van der Waals surface area contributed by atoms with Gasteiger partial charge in [0.05, 0.1) is 0 Å². The molecule has 5 heteroatoms. The minimum absolute atomic E-state index is 0.00201. The Morgan fingerprint density at radius 1 is 0.913 bits per heavy atom. The molecule has 2 N–H and O–H groups in total. The number of rotatable bonds is 3. The minimum Gasteiger partial charge on any atom is -0.332 e. The van der Waals surface area contributed by atoms with Crippen LogP contribution in [0.15, 0.2) is 42.5 Å². The van der Waals surface area contributed by atoms with Crippen molar-refractivity contribution in [2.75, 3.05) is 5.32 Å². The molecule has 23 heavy (non-hydrogen) atoms. The van der Waals surface area contributed by atoms with Crippen LogP contribution >= 0.6 is 12.2 Å². The summed E-state index contributed by atoms with van der Waals surface area (Å²) in [5.74, 6) is -0.256. The Balaban J connectivity index is 1.99. The van der Waals surface area contributed by atoms with Crippen LogP contribution in [0.2, 0.25) is 0 Å². The molecule has 0 unspecified atom stereocenters. The number of amides is 1. The molecule has 0 spiro atoms. The fourth-order valence-electron chi connectivity index (χ4n) is 2.01. The summed E-state index contributed by atoms with van der Waals surface area (Å²) in [7, 11) is 0. The third-order valence-corrected chi connectivity index (χ3v) is 3.75. The lowest BCUT2D eigenvalue weighted by Crippen LogP contribution is -2.34. The molecule has 118 valence electrons. The van der Waals surface area contributed by atoms with E-state index in [4.69, 9.17) is 12.2 Å². The van der Waals surface area contributed by atoms with Gasteiger partial charge >= 0.3 is 0 Å². The smallest absolute Gasteiger partial charge is 0.257 e. The highest BCUT2D eigenvalue weighted by molar-refractivity contribution is 7.80. The number of Topliss-reactive ketones (excluding diaryl/α,β-unsaturated/α-hetero) is 1. The van der Waals surface area contributed by atoms with Crippen molar-refractivity contribution in [3.8, 4) is 0 Å². The van der Waals surface area contributed by atoms with Gasteiger partial charge < -0.3 is 5.32 Å². The van der Waals surface area contributed by atoms with Gasteiger partial charge in [-0.1, -0.05) is 6.07 Å². The SMILES string of the molecule is CC(=O)c1ccc(NC(=S)NC(=O)c2ccc(C)c(C)c2)cc1. The lowest BCUT2D eigenvalue weighted by atomic mass is 10.1. The second-order valence-corrected chi connectivity index (χ2v) is 5.75. The summed E-state index contributed by atoms with van der Waals surface area (Å²) in [6.45, 7) is 5.46. The molecule has 0 heterocycles. The van der Waals surface area contributed by atoms with Crippen LogP contribution in [0.5, 0.6) is 0 Å². The normalized spacial score (nSPS) is 10.0. The fourth-order valence-corrected chi connectivity index (χ4v) is 2.22. The van der Waals surface area contributed by atoms with Gasteiger partial charge in [0.1, 0.15) is 0 Å². The van der Waals surface area contributed by atoms with Gasteiger partial charge in [0, 0.05) is 16.8 Å². The van der Waals surface area contributed by atoms with Crippen LogP contribution in [0.1, 0.15) is 38.8 Å². The van der Waals surface area contributed by atoms with Crippen molar-refractivity contribution in [2.24, 2.45) is 0 Å². The van der Waals surface area contributed by atoms with Crippen molar-refractivity contribution in [1.29, 1.82) is 0 Å². The van der Waals surface area contributed by atoms with E-state index in [0.717, 1.165) is 11.1 Å². The van der Waals surface area contributed by atoms with Crippen LogP contribution < -0.4 is 10.6 Å². The van der Waals surface area contributed by atoms with Crippen LogP contribution in [0, 0.1) is 13.8 Å². The van der Waals surface area contributed by atoms with Gasteiger partial charge in [-0.25, -0.2) is 0 Å². The first-order valence-corrected chi connectivity index (χ1v) is 7.58. The Kier molecular flexibility index (Phi) is 5.24. The molecule has 0 radical (unpaired) electrons. The molecule has 0 saturated carbocycles. The summed E-state index contributed by atoms with van der Waals surface area (Å²) in [6.07, 6.45) is 0. The van der Waals surface area contributed by atoms with Crippen LogP contribution in [0.25, 0.3) is 0 Å². The van der Waals surface area contributed by atoms with Crippen LogP contribution in [0.4, 0.5) is 5.69 Å². The number of thiocarbonyl (C=S) groups is 1. The number of nitrogens with one attached hydrogen (secondary N) is 2. The Hall–Kier alpha value is -2.53. The number of aryl methyl sites for hydroxylation is 2. The van der Waals surface area contributed by atoms with E-state index in [1.54, 1.807) is 30.3 Å². The lowest BCUT2D eigenvalue weighted by Gasteiger charge is -2.10. The molecule has 0 atom stereocenters. The summed E-state index contributed by atoms with van der Waals surface area (Å²) in [4.78, 5) is 23.4. The van der Waals surface area contributed by atoms with Gasteiger partial charge in [-0.05, 0) is 80.5 Å². The zero-order valence-corrected chi connectivity index (χ0v) is 14.1. The van der Waals surface area contributed by atoms with E-state index >= 15 is 0 Å². The predicted molar refractivity (Wildman–Crippen MR) is 96.0 cm³/mol. The maximum atomic E-state index is 12.2. The molecule has 1 amide bonds. The molecule has 0 aromatic heterocycles. The first-order valence-electron chi connectivity index (χ1n) is 7.17. The number of hydrogen-bond acceptors (Lipinski definition) is 3. The topological polar surface area (TPSA) is 58.2 Å². The van der Waals surface area contributed by atoms with Crippen molar-refractivity contribution < 1.29 is 9.59 Å². The van der Waals surface area contributed by atoms with E-state index in [2.05, 4.69) is 10.6 Å². The average Bonchev–Trinajstić information content (AvgIpc) is 2.50. The molecule has 0 aliphatic carbocycles. The number of benzene rings is 2. The van der Waals surface area contributed by atoms with Crippen LogP contribution in [0.3, 0.4) is 0 Å². The zero-order valence-electron chi connectivity index (χ0n) is 13.3. The van der Waals surface area contributed by atoms with E-state index in [1.165, 1.54) is 6.92 Å². The van der Waals surface area contributed by atoms with Crippen molar-refractivity contribution in [3.63, 3.8) is 0 Å². The molecule has 0 bridgehead atoms. The first kappa shape index (κ1) is 16.8. The maximum Gasteiger partial charge on any atom is 0.257 e. The maximum absolute atomic E-state index is 12.2. The first-order chi connectivity index (χ1) is 10.9. The highest BCUT2D eigenvalue weighted by Crippen LogP contribution is 2.11. The molecular formula is C18H18N2O2S. The number of carbonyl (C=O) groups is 2. The highest BCUT2D eigenvalue weighted by atomic mass is 32.1. The van der Waals surface area contributed by atoms with Gasteiger partial charge in [0.25, 0.3) is 5.91 Å².